The second-order valence-electron chi connectivity index (χ2n) is 8.22. The Morgan fingerprint density at radius 3 is 2.17 bits per heavy atom. The van der Waals surface area contributed by atoms with E-state index in [1.54, 1.807) is 0 Å². The number of fused-ring (bicyclic) bond motifs is 3. The lowest BCUT2D eigenvalue weighted by Gasteiger charge is -2.34. The van der Waals surface area contributed by atoms with Gasteiger partial charge in [-0.15, -0.1) is 0 Å². The van der Waals surface area contributed by atoms with Crippen LogP contribution in [0.2, 0.25) is 0 Å². The molecule has 0 radical (unpaired) electrons. The Kier molecular flexibility index (Phi) is 5.41. The number of rotatable bonds is 3. The normalized spacial score (nSPS) is 25.0. The summed E-state index contributed by atoms with van der Waals surface area (Å²) in [5.41, 5.74) is -5.94. The van der Waals surface area contributed by atoms with Gasteiger partial charge in [0.15, 0.2) is 0 Å². The number of nitrogens with one attached hydrogen (secondary N) is 1. The van der Waals surface area contributed by atoms with Crippen molar-refractivity contribution in [3.8, 4) is 0 Å². The second-order valence-corrected chi connectivity index (χ2v) is 8.22. The van der Waals surface area contributed by atoms with Crippen LogP contribution in [0, 0.1) is 11.8 Å². The Hall–Kier alpha value is -1.80. The Bertz CT molecular complexity index is 770. The summed E-state index contributed by atoms with van der Waals surface area (Å²) in [6.45, 7) is 3.68. The molecule has 2 aliphatic carbocycles. The van der Waals surface area contributed by atoms with Gasteiger partial charge in [-0.1, -0.05) is 18.2 Å². The zero-order valence-corrected chi connectivity index (χ0v) is 15.9. The lowest BCUT2D eigenvalue weighted by Crippen LogP contribution is -2.50. The first-order valence-corrected chi connectivity index (χ1v) is 9.53. The summed E-state index contributed by atoms with van der Waals surface area (Å²) >= 11 is 0. The van der Waals surface area contributed by atoms with E-state index in [4.69, 9.17) is 0 Å². The first-order valence-electron chi connectivity index (χ1n) is 9.53. The van der Waals surface area contributed by atoms with Crippen molar-refractivity contribution >= 4 is 5.91 Å². The number of alkyl halides is 7. The van der Waals surface area contributed by atoms with Crippen molar-refractivity contribution in [1.82, 2.24) is 5.32 Å². The molecule has 0 bridgehead atoms. The number of hydrogen-bond donors (Lipinski definition) is 1. The van der Waals surface area contributed by atoms with Gasteiger partial charge < -0.3 is 5.32 Å². The number of halogens is 7. The van der Waals surface area contributed by atoms with E-state index < -0.39 is 23.6 Å². The highest BCUT2D eigenvalue weighted by atomic mass is 19.4. The Morgan fingerprint density at radius 1 is 1.00 bits per heavy atom. The van der Waals surface area contributed by atoms with E-state index in [1.807, 2.05) is 13.8 Å². The van der Waals surface area contributed by atoms with Crippen LogP contribution in [0.15, 0.2) is 18.2 Å². The number of hydrogen-bond acceptors (Lipinski definition) is 1. The highest BCUT2D eigenvalue weighted by molar-refractivity contribution is 5.79. The predicted octanol–water partition coefficient (Wildman–Crippen LogP) is 5.56. The lowest BCUT2D eigenvalue weighted by atomic mass is 9.73. The van der Waals surface area contributed by atoms with Gasteiger partial charge in [0.1, 0.15) is 0 Å². The molecular weight excluding hydrogens is 403 g/mol. The van der Waals surface area contributed by atoms with Crippen LogP contribution in [0.4, 0.5) is 30.7 Å². The minimum atomic E-state index is -6.12. The van der Waals surface area contributed by atoms with Gasteiger partial charge >= 0.3 is 18.0 Å². The molecule has 0 saturated heterocycles. The maximum atomic E-state index is 14.4. The second kappa shape index (κ2) is 7.16. The molecule has 1 fully saturated rings. The summed E-state index contributed by atoms with van der Waals surface area (Å²) in [5, 5.41) is 2.87. The van der Waals surface area contributed by atoms with Crippen LogP contribution >= 0.6 is 0 Å². The smallest absolute Gasteiger partial charge is 0.354 e. The Balaban J connectivity index is 1.93. The summed E-state index contributed by atoms with van der Waals surface area (Å²) in [5.74, 6) is -0.459. The molecule has 0 aliphatic heterocycles. The monoisotopic (exact) mass is 425 g/mol. The molecule has 1 aromatic carbocycles. The molecule has 1 amide bonds. The molecule has 0 spiro atoms. The Labute approximate surface area is 163 Å². The van der Waals surface area contributed by atoms with E-state index in [9.17, 15) is 35.5 Å². The van der Waals surface area contributed by atoms with E-state index in [-0.39, 0.29) is 36.1 Å². The molecular formula is C20H22F7NO. The SMILES string of the molecule is CC(C)NC(=O)[C@@H]1CCC2c3ccc(C(F)(C(F)(F)F)C(F)(F)F)cc3CCC21. The van der Waals surface area contributed by atoms with Crippen LogP contribution in [0.5, 0.6) is 0 Å². The molecule has 3 atom stereocenters. The largest absolute Gasteiger partial charge is 0.435 e. The Morgan fingerprint density at radius 2 is 1.62 bits per heavy atom. The standard InChI is InChI=1S/C20H22F7NO/c1-10(2)28-17(29)16-8-7-14-13-6-4-12(9-11(13)3-5-15(14)16)18(21,19(22,23)24)20(25,26)27/h4,6,9-10,14-16H,3,5,7-8H2,1-2H3,(H,28,29)/t14?,15?,16-/m1/s1. The van der Waals surface area contributed by atoms with Crippen molar-refractivity contribution in [2.75, 3.05) is 0 Å². The fourth-order valence-electron chi connectivity index (χ4n) is 4.78. The molecule has 29 heavy (non-hydrogen) atoms. The number of carbonyl (C=O) groups excluding carboxylic acids is 1. The topological polar surface area (TPSA) is 29.1 Å². The molecule has 2 unspecified atom stereocenters. The van der Waals surface area contributed by atoms with Gasteiger partial charge in [0.05, 0.1) is 0 Å². The maximum Gasteiger partial charge on any atom is 0.435 e. The predicted molar refractivity (Wildman–Crippen MR) is 91.9 cm³/mol. The summed E-state index contributed by atoms with van der Waals surface area (Å²) in [6.07, 6.45) is -10.3. The summed E-state index contributed by atoms with van der Waals surface area (Å²) < 4.78 is 92.6. The zero-order chi connectivity index (χ0) is 21.8. The molecule has 2 nitrogen and oxygen atoms in total. The summed E-state index contributed by atoms with van der Waals surface area (Å²) in [6, 6.07) is 2.44. The van der Waals surface area contributed by atoms with Crippen LogP contribution in [0.3, 0.4) is 0 Å². The highest BCUT2D eigenvalue weighted by Gasteiger charge is 2.73. The number of carbonyl (C=O) groups is 1. The van der Waals surface area contributed by atoms with E-state index in [2.05, 4.69) is 5.32 Å². The fraction of sp³-hybridized carbons (Fsp3) is 0.650. The molecule has 2 aliphatic rings. The van der Waals surface area contributed by atoms with Gasteiger partial charge in [0.25, 0.3) is 0 Å². The third-order valence-corrected chi connectivity index (χ3v) is 6.06. The maximum absolute atomic E-state index is 14.4. The number of aryl methyl sites for hydroxylation is 1. The summed E-state index contributed by atoms with van der Waals surface area (Å²) in [7, 11) is 0. The molecule has 9 heteroatoms. The van der Waals surface area contributed by atoms with Crippen LogP contribution < -0.4 is 5.32 Å². The molecule has 0 heterocycles. The number of amides is 1. The van der Waals surface area contributed by atoms with Crippen molar-refractivity contribution in [2.24, 2.45) is 11.8 Å². The van der Waals surface area contributed by atoms with E-state index >= 15 is 0 Å². The van der Waals surface area contributed by atoms with Crippen LogP contribution in [0.1, 0.15) is 55.7 Å². The van der Waals surface area contributed by atoms with Crippen LogP contribution in [-0.4, -0.2) is 24.3 Å². The third-order valence-electron chi connectivity index (χ3n) is 6.06. The van der Waals surface area contributed by atoms with Crippen molar-refractivity contribution < 1.29 is 35.5 Å². The van der Waals surface area contributed by atoms with Gasteiger partial charge in [0, 0.05) is 17.5 Å². The van der Waals surface area contributed by atoms with Crippen molar-refractivity contribution in [2.45, 2.75) is 69.5 Å². The van der Waals surface area contributed by atoms with E-state index in [0.717, 1.165) is 0 Å². The molecule has 162 valence electrons. The van der Waals surface area contributed by atoms with Crippen molar-refractivity contribution in [1.29, 1.82) is 0 Å². The minimum Gasteiger partial charge on any atom is -0.354 e. The molecule has 1 saturated carbocycles. The molecule has 1 N–H and O–H groups in total. The number of benzene rings is 1. The highest BCUT2D eigenvalue weighted by Crippen LogP contribution is 2.55. The van der Waals surface area contributed by atoms with Crippen molar-refractivity contribution in [3.63, 3.8) is 0 Å². The van der Waals surface area contributed by atoms with Crippen LogP contribution in [-0.2, 0) is 16.9 Å². The van der Waals surface area contributed by atoms with Gasteiger partial charge in [0.2, 0.25) is 5.91 Å². The third kappa shape index (κ3) is 3.61. The van der Waals surface area contributed by atoms with Crippen molar-refractivity contribution in [3.05, 3.63) is 34.9 Å². The average Bonchev–Trinajstić information content (AvgIpc) is 3.02. The van der Waals surface area contributed by atoms with E-state index in [0.29, 0.717) is 42.5 Å². The fourth-order valence-corrected chi connectivity index (χ4v) is 4.78. The van der Waals surface area contributed by atoms with E-state index in [1.165, 1.54) is 6.07 Å². The quantitative estimate of drug-likeness (QED) is 0.632. The van der Waals surface area contributed by atoms with Gasteiger partial charge in [-0.05, 0) is 62.5 Å². The molecule has 1 aromatic rings. The minimum absolute atomic E-state index is 0.0209. The average molecular weight is 425 g/mol. The first-order chi connectivity index (χ1) is 13.3. The summed E-state index contributed by atoms with van der Waals surface area (Å²) in [4.78, 5) is 12.4. The molecule has 0 aromatic heterocycles. The molecule has 3 rings (SSSR count). The zero-order valence-electron chi connectivity index (χ0n) is 15.9. The lowest BCUT2D eigenvalue weighted by molar-refractivity contribution is -0.348. The van der Waals surface area contributed by atoms with Gasteiger partial charge in [-0.3, -0.25) is 4.79 Å². The first kappa shape index (κ1) is 21.9. The van der Waals surface area contributed by atoms with Gasteiger partial charge in [-0.25, -0.2) is 4.39 Å². The van der Waals surface area contributed by atoms with Crippen LogP contribution in [0.25, 0.3) is 0 Å². The van der Waals surface area contributed by atoms with Gasteiger partial charge in [-0.2, -0.15) is 26.3 Å².